The van der Waals surface area contributed by atoms with Gasteiger partial charge in [0.15, 0.2) is 0 Å². The summed E-state index contributed by atoms with van der Waals surface area (Å²) in [6, 6.07) is 5.65. The van der Waals surface area contributed by atoms with Crippen molar-refractivity contribution >= 4 is 21.8 Å². The number of benzene rings is 1. The van der Waals surface area contributed by atoms with Crippen LogP contribution in [-0.2, 0) is 0 Å². The highest BCUT2D eigenvalue weighted by atomic mass is 79.9. The lowest BCUT2D eigenvalue weighted by Crippen LogP contribution is -2.46. The molecule has 0 aliphatic carbocycles. The van der Waals surface area contributed by atoms with E-state index in [1.807, 2.05) is 39.0 Å². The fourth-order valence-corrected chi connectivity index (χ4v) is 2.12. The number of halogens is 1. The van der Waals surface area contributed by atoms with E-state index >= 15 is 0 Å². The Morgan fingerprint density at radius 1 is 1.50 bits per heavy atom. The second kappa shape index (κ2) is 6.34. The van der Waals surface area contributed by atoms with E-state index in [1.165, 1.54) is 0 Å². The van der Waals surface area contributed by atoms with E-state index in [0.29, 0.717) is 12.0 Å². The third-order valence-corrected chi connectivity index (χ3v) is 3.80. The number of hydrogen-bond acceptors (Lipinski definition) is 2. The first-order valence-corrected chi connectivity index (χ1v) is 6.90. The molecule has 0 aromatic heterocycles. The zero-order chi connectivity index (χ0) is 13.8. The number of aliphatic hydroxyl groups is 1. The van der Waals surface area contributed by atoms with Gasteiger partial charge in [-0.3, -0.25) is 4.79 Å². The molecule has 0 aliphatic heterocycles. The molecule has 1 unspecified atom stereocenters. The first kappa shape index (κ1) is 15.2. The summed E-state index contributed by atoms with van der Waals surface area (Å²) in [4.78, 5) is 12.3. The van der Waals surface area contributed by atoms with Crippen molar-refractivity contribution in [1.82, 2.24) is 5.32 Å². The van der Waals surface area contributed by atoms with Crippen molar-refractivity contribution in [2.75, 3.05) is 6.61 Å². The molecule has 18 heavy (non-hydrogen) atoms. The zero-order valence-electron chi connectivity index (χ0n) is 11.1. The predicted octanol–water partition coefficient (Wildman–Crippen LogP) is 3.04. The summed E-state index contributed by atoms with van der Waals surface area (Å²) in [5.74, 6) is -0.0911. The lowest BCUT2D eigenvalue weighted by molar-refractivity contribution is 0.0885. The van der Waals surface area contributed by atoms with Crippen LogP contribution in [0, 0.1) is 6.92 Å². The van der Waals surface area contributed by atoms with E-state index in [1.54, 1.807) is 0 Å². The number of rotatable bonds is 5. The van der Waals surface area contributed by atoms with Crippen molar-refractivity contribution < 1.29 is 9.90 Å². The molecule has 1 atom stereocenters. The average Bonchev–Trinajstić information content (AvgIpc) is 2.32. The van der Waals surface area contributed by atoms with Gasteiger partial charge >= 0.3 is 0 Å². The number of aliphatic hydroxyl groups excluding tert-OH is 1. The van der Waals surface area contributed by atoms with Crippen molar-refractivity contribution in [3.05, 3.63) is 33.8 Å². The van der Waals surface area contributed by atoms with Crippen LogP contribution in [0.4, 0.5) is 0 Å². The van der Waals surface area contributed by atoms with Crippen LogP contribution in [0.2, 0.25) is 0 Å². The van der Waals surface area contributed by atoms with E-state index in [-0.39, 0.29) is 18.1 Å². The second-order valence-corrected chi connectivity index (χ2v) is 5.72. The Morgan fingerprint density at radius 3 is 2.72 bits per heavy atom. The molecule has 1 rings (SSSR count). The van der Waals surface area contributed by atoms with Crippen LogP contribution in [0.1, 0.15) is 42.6 Å². The highest BCUT2D eigenvalue weighted by Crippen LogP contribution is 2.19. The number of carbonyl (C=O) groups excluding carboxylic acids is 1. The van der Waals surface area contributed by atoms with Crippen molar-refractivity contribution in [3.8, 4) is 0 Å². The zero-order valence-corrected chi connectivity index (χ0v) is 12.7. The van der Waals surface area contributed by atoms with Crippen molar-refractivity contribution in [2.24, 2.45) is 0 Å². The highest BCUT2D eigenvalue weighted by molar-refractivity contribution is 9.10. The summed E-state index contributed by atoms with van der Waals surface area (Å²) in [6.45, 7) is 5.94. The van der Waals surface area contributed by atoms with Gasteiger partial charge in [-0.05, 0) is 44.4 Å². The van der Waals surface area contributed by atoms with E-state index in [9.17, 15) is 4.79 Å². The molecule has 0 fully saturated rings. The molecule has 0 saturated heterocycles. The molecule has 0 saturated carbocycles. The Bertz CT molecular complexity index is 434. The van der Waals surface area contributed by atoms with Gasteiger partial charge in [0, 0.05) is 22.2 Å². The van der Waals surface area contributed by atoms with Crippen LogP contribution in [0.25, 0.3) is 0 Å². The topological polar surface area (TPSA) is 49.3 Å². The van der Waals surface area contributed by atoms with Gasteiger partial charge in [0.1, 0.15) is 0 Å². The van der Waals surface area contributed by atoms with Crippen LogP contribution >= 0.6 is 15.9 Å². The first-order valence-electron chi connectivity index (χ1n) is 6.11. The number of aryl methyl sites for hydroxylation is 1. The fourth-order valence-electron chi connectivity index (χ4n) is 1.75. The van der Waals surface area contributed by atoms with E-state index in [0.717, 1.165) is 16.5 Å². The molecule has 0 aliphatic rings. The molecule has 1 aromatic carbocycles. The lowest BCUT2D eigenvalue weighted by atomic mass is 9.94. The molecule has 0 spiro atoms. The smallest absolute Gasteiger partial charge is 0.252 e. The molecular formula is C14H20BrNO2. The molecule has 100 valence electrons. The van der Waals surface area contributed by atoms with E-state index in [2.05, 4.69) is 21.2 Å². The first-order chi connectivity index (χ1) is 8.41. The standard InChI is InChI=1S/C14H20BrNO2/c1-4-14(3,7-8-17)16-13(18)12-9-11(15)6-5-10(12)2/h5-6,9,17H,4,7-8H2,1-3H3,(H,16,18). The molecule has 1 amide bonds. The Kier molecular flexibility index (Phi) is 5.35. The summed E-state index contributed by atoms with van der Waals surface area (Å²) in [7, 11) is 0. The number of carbonyl (C=O) groups is 1. The molecule has 0 radical (unpaired) electrons. The maximum absolute atomic E-state index is 12.3. The van der Waals surface area contributed by atoms with Gasteiger partial charge < -0.3 is 10.4 Å². The van der Waals surface area contributed by atoms with Crippen LogP contribution in [0.5, 0.6) is 0 Å². The monoisotopic (exact) mass is 313 g/mol. The van der Waals surface area contributed by atoms with Crippen molar-refractivity contribution in [3.63, 3.8) is 0 Å². The van der Waals surface area contributed by atoms with Gasteiger partial charge in [-0.2, -0.15) is 0 Å². The molecule has 0 heterocycles. The largest absolute Gasteiger partial charge is 0.396 e. The van der Waals surface area contributed by atoms with E-state index in [4.69, 9.17) is 5.11 Å². The van der Waals surface area contributed by atoms with Crippen molar-refractivity contribution in [1.29, 1.82) is 0 Å². The van der Waals surface area contributed by atoms with Gasteiger partial charge in [0.25, 0.3) is 5.91 Å². The van der Waals surface area contributed by atoms with Crippen LogP contribution in [-0.4, -0.2) is 23.2 Å². The highest BCUT2D eigenvalue weighted by Gasteiger charge is 2.24. The summed E-state index contributed by atoms with van der Waals surface area (Å²) in [5, 5.41) is 12.1. The number of amides is 1. The van der Waals surface area contributed by atoms with Gasteiger partial charge in [-0.25, -0.2) is 0 Å². The van der Waals surface area contributed by atoms with Crippen LogP contribution in [0.15, 0.2) is 22.7 Å². The van der Waals surface area contributed by atoms with Gasteiger partial charge in [0.05, 0.1) is 0 Å². The SMILES string of the molecule is CCC(C)(CCO)NC(=O)c1cc(Br)ccc1C. The third-order valence-electron chi connectivity index (χ3n) is 3.30. The lowest BCUT2D eigenvalue weighted by Gasteiger charge is -2.29. The molecule has 3 nitrogen and oxygen atoms in total. The fraction of sp³-hybridized carbons (Fsp3) is 0.500. The minimum absolute atomic E-state index is 0.0715. The summed E-state index contributed by atoms with van der Waals surface area (Å²) in [5.41, 5.74) is 1.25. The normalized spacial score (nSPS) is 14.1. The number of nitrogens with one attached hydrogen (secondary N) is 1. The van der Waals surface area contributed by atoms with Gasteiger partial charge in [-0.1, -0.05) is 28.9 Å². The predicted molar refractivity (Wildman–Crippen MR) is 76.7 cm³/mol. The van der Waals surface area contributed by atoms with Crippen molar-refractivity contribution in [2.45, 2.75) is 39.2 Å². The van der Waals surface area contributed by atoms with Crippen LogP contribution < -0.4 is 5.32 Å². The second-order valence-electron chi connectivity index (χ2n) is 4.80. The molecule has 4 heteroatoms. The average molecular weight is 314 g/mol. The third kappa shape index (κ3) is 3.82. The molecule has 0 bridgehead atoms. The van der Waals surface area contributed by atoms with Gasteiger partial charge in [-0.15, -0.1) is 0 Å². The maximum Gasteiger partial charge on any atom is 0.252 e. The minimum Gasteiger partial charge on any atom is -0.396 e. The Labute approximate surface area is 117 Å². The summed E-state index contributed by atoms with van der Waals surface area (Å²) >= 11 is 3.37. The summed E-state index contributed by atoms with van der Waals surface area (Å²) < 4.78 is 0.888. The van der Waals surface area contributed by atoms with E-state index < -0.39 is 0 Å². The minimum atomic E-state index is -0.361. The molecule has 1 aromatic rings. The molecular weight excluding hydrogens is 294 g/mol. The summed E-state index contributed by atoms with van der Waals surface area (Å²) in [6.07, 6.45) is 1.34. The molecule has 2 N–H and O–H groups in total. The maximum atomic E-state index is 12.3. The Morgan fingerprint density at radius 2 is 2.17 bits per heavy atom. The quantitative estimate of drug-likeness (QED) is 0.877. The number of hydrogen-bond donors (Lipinski definition) is 2. The van der Waals surface area contributed by atoms with Crippen LogP contribution in [0.3, 0.4) is 0 Å². The van der Waals surface area contributed by atoms with Gasteiger partial charge in [0.2, 0.25) is 0 Å². The Hall–Kier alpha value is -0.870. The Balaban J connectivity index is 2.90.